The topological polar surface area (TPSA) is 62.9 Å². The molecule has 0 unspecified atom stereocenters. The Labute approximate surface area is 149 Å². The number of aryl methyl sites for hydroxylation is 3. The predicted octanol–water partition coefficient (Wildman–Crippen LogP) is 2.73. The van der Waals surface area contributed by atoms with Gasteiger partial charge in [-0.25, -0.2) is 0 Å². The van der Waals surface area contributed by atoms with Gasteiger partial charge in [0.25, 0.3) is 0 Å². The minimum atomic E-state index is 0.603. The Morgan fingerprint density at radius 2 is 2.04 bits per heavy atom. The van der Waals surface area contributed by atoms with Crippen LogP contribution in [0.3, 0.4) is 0 Å². The molecule has 0 radical (unpaired) electrons. The number of likely N-dealkylation sites (N-methyl/N-ethyl adjacent to an activating group) is 1. The van der Waals surface area contributed by atoms with Gasteiger partial charge in [0, 0.05) is 26.2 Å². The first-order chi connectivity index (χ1) is 12.0. The summed E-state index contributed by atoms with van der Waals surface area (Å²) in [6.07, 6.45) is 0.855. The average molecular weight is 344 g/mol. The molecule has 0 fully saturated rings. The number of guanidine groups is 1. The van der Waals surface area contributed by atoms with E-state index in [1.54, 1.807) is 7.05 Å². The van der Waals surface area contributed by atoms with E-state index in [1.165, 1.54) is 0 Å². The smallest absolute Gasteiger partial charge is 0.193 e. The number of rotatable bonds is 7. The molecule has 0 aliphatic heterocycles. The molecule has 0 aliphatic carbocycles. The number of para-hydroxylation sites is 1. The molecule has 0 atom stereocenters. The van der Waals surface area contributed by atoms with Crippen molar-refractivity contribution in [3.63, 3.8) is 0 Å². The molecule has 6 heteroatoms. The Hall–Kier alpha value is -2.50. The number of ether oxygens (including phenoxy) is 1. The van der Waals surface area contributed by atoms with Crippen molar-refractivity contribution in [2.45, 2.75) is 27.2 Å². The first-order valence-corrected chi connectivity index (χ1v) is 8.55. The van der Waals surface area contributed by atoms with Gasteiger partial charge in [-0.2, -0.15) is 0 Å². The summed E-state index contributed by atoms with van der Waals surface area (Å²) in [6.45, 7) is 8.09. The standard InChI is InChI=1S/C19H28N4O2/c1-14-8-6-7-9-18(14)24-13-12-23(5)19(20-4)21-11-10-17-15(2)22-25-16(17)3/h6-9H,10-13H2,1-5H3,(H,20,21). The number of nitrogens with one attached hydrogen (secondary N) is 1. The van der Waals surface area contributed by atoms with Gasteiger partial charge in [-0.1, -0.05) is 23.4 Å². The lowest BCUT2D eigenvalue weighted by Gasteiger charge is -2.22. The molecule has 2 aromatic rings. The normalized spacial score (nSPS) is 11.5. The summed E-state index contributed by atoms with van der Waals surface area (Å²) in [6, 6.07) is 8.04. The molecule has 1 aromatic heterocycles. The Bertz CT molecular complexity index is 690. The third-order valence-electron chi connectivity index (χ3n) is 4.19. The molecule has 0 bridgehead atoms. The molecular formula is C19H28N4O2. The largest absolute Gasteiger partial charge is 0.491 e. The van der Waals surface area contributed by atoms with Gasteiger partial charge in [0.05, 0.1) is 12.2 Å². The number of benzene rings is 1. The molecule has 2 rings (SSSR count). The van der Waals surface area contributed by atoms with Crippen LogP contribution in [0, 0.1) is 20.8 Å². The van der Waals surface area contributed by atoms with Crippen LogP contribution < -0.4 is 10.1 Å². The van der Waals surface area contributed by atoms with Crippen LogP contribution in [0.25, 0.3) is 0 Å². The van der Waals surface area contributed by atoms with Crippen LogP contribution in [-0.4, -0.2) is 49.8 Å². The molecule has 0 aliphatic rings. The average Bonchev–Trinajstić information content (AvgIpc) is 2.92. The Balaban J connectivity index is 1.77. The summed E-state index contributed by atoms with van der Waals surface area (Å²) in [4.78, 5) is 6.39. The van der Waals surface area contributed by atoms with Crippen molar-refractivity contribution in [2.75, 3.05) is 33.8 Å². The van der Waals surface area contributed by atoms with Crippen LogP contribution in [-0.2, 0) is 6.42 Å². The van der Waals surface area contributed by atoms with Gasteiger partial charge < -0.3 is 19.5 Å². The highest BCUT2D eigenvalue weighted by atomic mass is 16.5. The third-order valence-corrected chi connectivity index (χ3v) is 4.19. The van der Waals surface area contributed by atoms with Gasteiger partial charge in [0.1, 0.15) is 18.1 Å². The fraction of sp³-hybridized carbons (Fsp3) is 0.474. The van der Waals surface area contributed by atoms with Gasteiger partial charge in [-0.3, -0.25) is 4.99 Å². The number of hydrogen-bond donors (Lipinski definition) is 1. The van der Waals surface area contributed by atoms with Crippen LogP contribution in [0.15, 0.2) is 33.8 Å². The molecule has 0 saturated carbocycles. The zero-order valence-electron chi connectivity index (χ0n) is 15.8. The number of aliphatic imine (C=N–C) groups is 1. The van der Waals surface area contributed by atoms with Gasteiger partial charge in [0.15, 0.2) is 5.96 Å². The van der Waals surface area contributed by atoms with E-state index in [0.717, 1.165) is 53.8 Å². The van der Waals surface area contributed by atoms with Crippen LogP contribution in [0.5, 0.6) is 5.75 Å². The molecule has 1 heterocycles. The molecule has 0 amide bonds. The van der Waals surface area contributed by atoms with Crippen molar-refractivity contribution >= 4 is 5.96 Å². The maximum atomic E-state index is 5.85. The van der Waals surface area contributed by atoms with Crippen LogP contribution in [0.1, 0.15) is 22.6 Å². The molecule has 0 saturated heterocycles. The fourth-order valence-corrected chi connectivity index (χ4v) is 2.66. The highest BCUT2D eigenvalue weighted by Gasteiger charge is 2.10. The first kappa shape index (κ1) is 18.8. The lowest BCUT2D eigenvalue weighted by Crippen LogP contribution is -2.41. The van der Waals surface area contributed by atoms with E-state index in [2.05, 4.69) is 20.4 Å². The molecule has 25 heavy (non-hydrogen) atoms. The Kier molecular flexibility index (Phi) is 6.86. The maximum absolute atomic E-state index is 5.85. The summed E-state index contributed by atoms with van der Waals surface area (Å²) in [5.41, 5.74) is 3.26. The second-order valence-electron chi connectivity index (χ2n) is 6.06. The summed E-state index contributed by atoms with van der Waals surface area (Å²) < 4.78 is 11.0. The monoisotopic (exact) mass is 344 g/mol. The highest BCUT2D eigenvalue weighted by molar-refractivity contribution is 5.79. The van der Waals surface area contributed by atoms with Crippen molar-refractivity contribution in [1.82, 2.24) is 15.4 Å². The van der Waals surface area contributed by atoms with Crippen molar-refractivity contribution in [1.29, 1.82) is 0 Å². The minimum Gasteiger partial charge on any atom is -0.491 e. The molecule has 6 nitrogen and oxygen atoms in total. The first-order valence-electron chi connectivity index (χ1n) is 8.55. The van der Waals surface area contributed by atoms with E-state index in [1.807, 2.05) is 52.1 Å². The molecule has 1 aromatic carbocycles. The van der Waals surface area contributed by atoms with E-state index >= 15 is 0 Å². The van der Waals surface area contributed by atoms with Crippen LogP contribution in [0.2, 0.25) is 0 Å². The molecule has 0 spiro atoms. The van der Waals surface area contributed by atoms with Crippen molar-refractivity contribution in [3.8, 4) is 5.75 Å². The summed E-state index contributed by atoms with van der Waals surface area (Å²) in [5.74, 6) is 2.66. The summed E-state index contributed by atoms with van der Waals surface area (Å²) >= 11 is 0. The van der Waals surface area contributed by atoms with E-state index in [0.29, 0.717) is 6.61 Å². The molecular weight excluding hydrogens is 316 g/mol. The zero-order valence-corrected chi connectivity index (χ0v) is 15.8. The van der Waals surface area contributed by atoms with E-state index in [9.17, 15) is 0 Å². The fourth-order valence-electron chi connectivity index (χ4n) is 2.66. The lowest BCUT2D eigenvalue weighted by molar-refractivity contribution is 0.280. The van der Waals surface area contributed by atoms with E-state index < -0.39 is 0 Å². The lowest BCUT2D eigenvalue weighted by atomic mass is 10.1. The maximum Gasteiger partial charge on any atom is 0.193 e. The van der Waals surface area contributed by atoms with Crippen molar-refractivity contribution < 1.29 is 9.26 Å². The van der Waals surface area contributed by atoms with Gasteiger partial charge >= 0.3 is 0 Å². The van der Waals surface area contributed by atoms with Crippen LogP contribution >= 0.6 is 0 Å². The Morgan fingerprint density at radius 1 is 1.28 bits per heavy atom. The highest BCUT2D eigenvalue weighted by Crippen LogP contribution is 2.16. The number of hydrogen-bond acceptors (Lipinski definition) is 4. The van der Waals surface area contributed by atoms with Gasteiger partial charge in [-0.05, 0) is 38.8 Å². The van der Waals surface area contributed by atoms with E-state index in [4.69, 9.17) is 9.26 Å². The molecule has 136 valence electrons. The van der Waals surface area contributed by atoms with Crippen molar-refractivity contribution in [3.05, 3.63) is 46.8 Å². The minimum absolute atomic E-state index is 0.603. The van der Waals surface area contributed by atoms with Crippen molar-refractivity contribution in [2.24, 2.45) is 4.99 Å². The second-order valence-corrected chi connectivity index (χ2v) is 6.06. The number of nitrogens with zero attached hydrogens (tertiary/aromatic N) is 3. The molecule has 1 N–H and O–H groups in total. The van der Waals surface area contributed by atoms with Gasteiger partial charge in [0.2, 0.25) is 0 Å². The summed E-state index contributed by atoms with van der Waals surface area (Å²) in [5, 5.41) is 7.36. The van der Waals surface area contributed by atoms with Crippen LogP contribution in [0.4, 0.5) is 0 Å². The van der Waals surface area contributed by atoms with Gasteiger partial charge in [-0.15, -0.1) is 0 Å². The second kappa shape index (κ2) is 9.11. The summed E-state index contributed by atoms with van der Waals surface area (Å²) in [7, 11) is 3.80. The van der Waals surface area contributed by atoms with E-state index in [-0.39, 0.29) is 0 Å². The zero-order chi connectivity index (χ0) is 18.2. The third kappa shape index (κ3) is 5.24. The predicted molar refractivity (Wildman–Crippen MR) is 100 cm³/mol. The Morgan fingerprint density at radius 3 is 2.68 bits per heavy atom. The number of aromatic nitrogens is 1. The quantitative estimate of drug-likeness (QED) is 0.618. The SMILES string of the molecule is CN=C(NCCc1c(C)noc1C)N(C)CCOc1ccccc1C.